The maximum absolute atomic E-state index is 12.5. The molecule has 0 aliphatic carbocycles. The molecule has 1 aromatic carbocycles. The standard InChI is InChI=1S/C15H14ClN3O2S/c1-22-15-17-8-10(16)13(19-15)14(20)18-11-6-7-21-12-5-3-2-4-9(11)12/h2-5,8,11H,6-7H2,1H3,(H,18,20). The van der Waals surface area contributed by atoms with Crippen LogP contribution < -0.4 is 10.1 Å². The average molecular weight is 336 g/mol. The van der Waals surface area contributed by atoms with Crippen LogP contribution in [0.5, 0.6) is 5.75 Å². The van der Waals surface area contributed by atoms with E-state index in [2.05, 4.69) is 15.3 Å². The van der Waals surface area contributed by atoms with Crippen molar-refractivity contribution >= 4 is 29.3 Å². The molecule has 7 heteroatoms. The maximum Gasteiger partial charge on any atom is 0.272 e. The number of aromatic nitrogens is 2. The number of fused-ring (bicyclic) bond motifs is 1. The molecule has 114 valence electrons. The Kier molecular flexibility index (Phi) is 4.49. The molecule has 5 nitrogen and oxygen atoms in total. The van der Waals surface area contributed by atoms with Crippen LogP contribution in [-0.4, -0.2) is 28.7 Å². The van der Waals surface area contributed by atoms with Crippen molar-refractivity contribution in [2.75, 3.05) is 12.9 Å². The number of hydrogen-bond donors (Lipinski definition) is 1. The van der Waals surface area contributed by atoms with Gasteiger partial charge >= 0.3 is 0 Å². The van der Waals surface area contributed by atoms with Crippen molar-refractivity contribution in [1.29, 1.82) is 0 Å². The van der Waals surface area contributed by atoms with E-state index in [-0.39, 0.29) is 22.7 Å². The molecular weight excluding hydrogens is 322 g/mol. The highest BCUT2D eigenvalue weighted by atomic mass is 35.5. The molecule has 0 saturated carbocycles. The van der Waals surface area contributed by atoms with E-state index in [0.717, 1.165) is 11.3 Å². The minimum absolute atomic E-state index is 0.110. The monoisotopic (exact) mass is 335 g/mol. The summed E-state index contributed by atoms with van der Waals surface area (Å²) >= 11 is 7.41. The van der Waals surface area contributed by atoms with Crippen molar-refractivity contribution in [2.24, 2.45) is 0 Å². The second-order valence-corrected chi connectivity index (χ2v) is 5.93. The van der Waals surface area contributed by atoms with E-state index in [1.807, 2.05) is 30.5 Å². The predicted octanol–water partition coefficient (Wildman–Crippen LogP) is 3.11. The van der Waals surface area contributed by atoms with Crippen molar-refractivity contribution in [1.82, 2.24) is 15.3 Å². The summed E-state index contributed by atoms with van der Waals surface area (Å²) in [4.78, 5) is 20.7. The van der Waals surface area contributed by atoms with Gasteiger partial charge in [0.2, 0.25) is 0 Å². The van der Waals surface area contributed by atoms with E-state index in [0.29, 0.717) is 18.2 Å². The summed E-state index contributed by atoms with van der Waals surface area (Å²) < 4.78 is 5.59. The Balaban J connectivity index is 1.84. The first kappa shape index (κ1) is 15.1. The first-order chi connectivity index (χ1) is 10.7. The van der Waals surface area contributed by atoms with Gasteiger partial charge in [-0.25, -0.2) is 9.97 Å². The number of carbonyl (C=O) groups excluding carboxylic acids is 1. The third kappa shape index (κ3) is 3.03. The fourth-order valence-electron chi connectivity index (χ4n) is 2.33. The second-order valence-electron chi connectivity index (χ2n) is 4.75. The van der Waals surface area contributed by atoms with Gasteiger partial charge in [0.15, 0.2) is 10.9 Å². The molecule has 0 radical (unpaired) electrons. The first-order valence-corrected chi connectivity index (χ1v) is 8.38. The Labute approximate surface area is 137 Å². The molecule has 1 aliphatic heterocycles. The molecule has 1 atom stereocenters. The predicted molar refractivity (Wildman–Crippen MR) is 85.6 cm³/mol. The summed E-state index contributed by atoms with van der Waals surface area (Å²) in [6, 6.07) is 7.58. The number of carbonyl (C=O) groups is 1. The highest BCUT2D eigenvalue weighted by molar-refractivity contribution is 7.98. The lowest BCUT2D eigenvalue weighted by atomic mass is 10.0. The molecular formula is C15H14ClN3O2S. The number of ether oxygens (including phenoxy) is 1. The number of halogens is 1. The fourth-order valence-corrected chi connectivity index (χ4v) is 2.84. The first-order valence-electron chi connectivity index (χ1n) is 6.78. The van der Waals surface area contributed by atoms with Crippen molar-refractivity contribution in [2.45, 2.75) is 17.6 Å². The van der Waals surface area contributed by atoms with Gasteiger partial charge in [-0.1, -0.05) is 41.6 Å². The smallest absolute Gasteiger partial charge is 0.272 e. The summed E-state index contributed by atoms with van der Waals surface area (Å²) in [6.45, 7) is 0.565. The van der Waals surface area contributed by atoms with Crippen molar-refractivity contribution in [3.8, 4) is 5.75 Å². The number of thioether (sulfide) groups is 1. The number of benzene rings is 1. The molecule has 0 spiro atoms. The van der Waals surface area contributed by atoms with Crippen LogP contribution in [0.15, 0.2) is 35.6 Å². The molecule has 1 amide bonds. The number of amides is 1. The largest absolute Gasteiger partial charge is 0.493 e. The molecule has 3 rings (SSSR count). The minimum Gasteiger partial charge on any atom is -0.493 e. The van der Waals surface area contributed by atoms with Crippen LogP contribution in [0.2, 0.25) is 5.02 Å². The third-order valence-electron chi connectivity index (χ3n) is 3.38. The SMILES string of the molecule is CSc1ncc(Cl)c(C(=O)NC2CCOc3ccccc32)n1. The summed E-state index contributed by atoms with van der Waals surface area (Å²) in [7, 11) is 0. The molecule has 22 heavy (non-hydrogen) atoms. The summed E-state index contributed by atoms with van der Waals surface area (Å²) in [5, 5.41) is 3.74. The van der Waals surface area contributed by atoms with E-state index < -0.39 is 0 Å². The van der Waals surface area contributed by atoms with Gasteiger partial charge in [-0.05, 0) is 12.3 Å². The van der Waals surface area contributed by atoms with Crippen LogP contribution in [0.25, 0.3) is 0 Å². The van der Waals surface area contributed by atoms with Crippen LogP contribution in [0, 0.1) is 0 Å². The molecule has 0 saturated heterocycles. The molecule has 1 aliphatic rings. The minimum atomic E-state index is -0.301. The quantitative estimate of drug-likeness (QED) is 0.689. The van der Waals surface area contributed by atoms with Crippen LogP contribution in [0.1, 0.15) is 28.5 Å². The van der Waals surface area contributed by atoms with E-state index in [1.165, 1.54) is 18.0 Å². The lowest BCUT2D eigenvalue weighted by molar-refractivity contribution is 0.0919. The van der Waals surface area contributed by atoms with Gasteiger partial charge in [-0.3, -0.25) is 4.79 Å². The molecule has 1 unspecified atom stereocenters. The maximum atomic E-state index is 12.5. The zero-order valence-corrected chi connectivity index (χ0v) is 13.4. The Bertz CT molecular complexity index is 711. The van der Waals surface area contributed by atoms with Crippen LogP contribution in [0.3, 0.4) is 0 Å². The van der Waals surface area contributed by atoms with E-state index in [4.69, 9.17) is 16.3 Å². The summed E-state index contributed by atoms with van der Waals surface area (Å²) in [5.41, 5.74) is 1.17. The highest BCUT2D eigenvalue weighted by Crippen LogP contribution is 2.31. The van der Waals surface area contributed by atoms with Gasteiger partial charge < -0.3 is 10.1 Å². The number of rotatable bonds is 3. The zero-order valence-electron chi connectivity index (χ0n) is 11.9. The lowest BCUT2D eigenvalue weighted by Gasteiger charge is -2.26. The number of nitrogens with zero attached hydrogens (tertiary/aromatic N) is 2. The van der Waals surface area contributed by atoms with E-state index in [9.17, 15) is 4.79 Å². The van der Waals surface area contributed by atoms with Gasteiger partial charge in [-0.15, -0.1) is 0 Å². The second kappa shape index (κ2) is 6.54. The van der Waals surface area contributed by atoms with E-state index >= 15 is 0 Å². The number of hydrogen-bond acceptors (Lipinski definition) is 5. The fraction of sp³-hybridized carbons (Fsp3) is 0.267. The van der Waals surface area contributed by atoms with Crippen molar-refractivity contribution in [3.05, 3.63) is 46.7 Å². The molecule has 1 aromatic heterocycles. The Morgan fingerprint density at radius 1 is 1.45 bits per heavy atom. The molecule has 0 fully saturated rings. The molecule has 2 aromatic rings. The Morgan fingerprint density at radius 2 is 2.27 bits per heavy atom. The van der Waals surface area contributed by atoms with Crippen molar-refractivity contribution in [3.63, 3.8) is 0 Å². The molecule has 1 N–H and O–H groups in total. The van der Waals surface area contributed by atoms with Gasteiger partial charge in [0, 0.05) is 12.0 Å². The molecule has 2 heterocycles. The van der Waals surface area contributed by atoms with Crippen LogP contribution in [-0.2, 0) is 0 Å². The van der Waals surface area contributed by atoms with Gasteiger partial charge in [0.25, 0.3) is 5.91 Å². The van der Waals surface area contributed by atoms with Gasteiger partial charge in [0.05, 0.1) is 23.9 Å². The number of nitrogens with one attached hydrogen (secondary N) is 1. The van der Waals surface area contributed by atoms with Gasteiger partial charge in [-0.2, -0.15) is 0 Å². The Morgan fingerprint density at radius 3 is 3.09 bits per heavy atom. The average Bonchev–Trinajstić information content (AvgIpc) is 2.55. The zero-order chi connectivity index (χ0) is 15.5. The third-order valence-corrected chi connectivity index (χ3v) is 4.22. The lowest BCUT2D eigenvalue weighted by Crippen LogP contribution is -2.33. The summed E-state index contributed by atoms with van der Waals surface area (Å²) in [6.07, 6.45) is 4.01. The molecule has 0 bridgehead atoms. The van der Waals surface area contributed by atoms with Crippen LogP contribution in [0.4, 0.5) is 0 Å². The Hall–Kier alpha value is -1.79. The topological polar surface area (TPSA) is 64.1 Å². The van der Waals surface area contributed by atoms with E-state index in [1.54, 1.807) is 0 Å². The van der Waals surface area contributed by atoms with Gasteiger partial charge in [0.1, 0.15) is 5.75 Å². The highest BCUT2D eigenvalue weighted by Gasteiger charge is 2.24. The normalized spacial score (nSPS) is 16.5. The van der Waals surface area contributed by atoms with Crippen LogP contribution >= 0.6 is 23.4 Å². The van der Waals surface area contributed by atoms with Crippen molar-refractivity contribution < 1.29 is 9.53 Å². The summed E-state index contributed by atoms with van der Waals surface area (Å²) in [5.74, 6) is 0.502. The number of para-hydroxylation sites is 1.